The van der Waals surface area contributed by atoms with Crippen LogP contribution in [-0.2, 0) is 11.8 Å². The maximum Gasteiger partial charge on any atom is 0.123 e. The van der Waals surface area contributed by atoms with Crippen molar-refractivity contribution in [2.75, 3.05) is 0 Å². The first-order valence-electron chi connectivity index (χ1n) is 5.51. The van der Waals surface area contributed by atoms with E-state index < -0.39 is 0 Å². The van der Waals surface area contributed by atoms with E-state index in [1.54, 1.807) is 0 Å². The smallest absolute Gasteiger partial charge is 0.123 e. The Bertz CT molecular complexity index is 449. The standard InChI is InChI=1S/C14H14O/c1-3-14(6-7-14)12-4-5-13-11(9-12)8-10(2)15-13/h1,4-5,9-10H,6-8H2,2H3. The Kier molecular flexibility index (Phi) is 1.65. The van der Waals surface area contributed by atoms with Crippen LogP contribution in [0.3, 0.4) is 0 Å². The number of terminal acetylenes is 1. The first-order valence-corrected chi connectivity index (χ1v) is 5.51. The quantitative estimate of drug-likeness (QED) is 0.630. The van der Waals surface area contributed by atoms with E-state index in [-0.39, 0.29) is 5.41 Å². The summed E-state index contributed by atoms with van der Waals surface area (Å²) >= 11 is 0. The molecule has 1 fully saturated rings. The Labute approximate surface area is 90.5 Å². The van der Waals surface area contributed by atoms with Gasteiger partial charge in [-0.25, -0.2) is 0 Å². The van der Waals surface area contributed by atoms with Gasteiger partial charge in [0.2, 0.25) is 0 Å². The van der Waals surface area contributed by atoms with Gasteiger partial charge in [0.05, 0.1) is 5.41 Å². The molecule has 15 heavy (non-hydrogen) atoms. The Morgan fingerprint density at radius 2 is 2.27 bits per heavy atom. The third kappa shape index (κ3) is 1.25. The van der Waals surface area contributed by atoms with Crippen LogP contribution >= 0.6 is 0 Å². The second-order valence-electron chi connectivity index (χ2n) is 4.68. The predicted molar refractivity (Wildman–Crippen MR) is 60.0 cm³/mol. The molecule has 0 amide bonds. The van der Waals surface area contributed by atoms with Gasteiger partial charge in [-0.1, -0.05) is 18.1 Å². The molecular formula is C14H14O. The molecule has 1 aromatic rings. The average molecular weight is 198 g/mol. The summed E-state index contributed by atoms with van der Waals surface area (Å²) in [6.07, 6.45) is 9.20. The number of benzene rings is 1. The van der Waals surface area contributed by atoms with Crippen molar-refractivity contribution in [3.8, 4) is 18.1 Å². The first-order chi connectivity index (χ1) is 7.23. The molecule has 0 N–H and O–H groups in total. The van der Waals surface area contributed by atoms with Gasteiger partial charge in [-0.15, -0.1) is 6.42 Å². The predicted octanol–water partition coefficient (Wildman–Crippen LogP) is 2.67. The third-order valence-electron chi connectivity index (χ3n) is 3.47. The molecule has 1 heterocycles. The maximum absolute atomic E-state index is 5.68. The van der Waals surface area contributed by atoms with E-state index in [1.165, 1.54) is 11.1 Å². The Morgan fingerprint density at radius 1 is 1.47 bits per heavy atom. The molecule has 0 bridgehead atoms. The summed E-state index contributed by atoms with van der Waals surface area (Å²) in [5.74, 6) is 3.97. The van der Waals surface area contributed by atoms with Crippen molar-refractivity contribution in [2.45, 2.75) is 37.7 Å². The molecule has 2 aliphatic rings. The zero-order chi connectivity index (χ0) is 10.5. The van der Waals surface area contributed by atoms with Crippen LogP contribution in [0, 0.1) is 12.3 Å². The fourth-order valence-corrected chi connectivity index (χ4v) is 2.36. The van der Waals surface area contributed by atoms with E-state index in [1.807, 2.05) is 0 Å². The van der Waals surface area contributed by atoms with E-state index >= 15 is 0 Å². The molecule has 0 radical (unpaired) electrons. The van der Waals surface area contributed by atoms with Gasteiger partial charge < -0.3 is 4.74 Å². The lowest BCUT2D eigenvalue weighted by molar-refractivity contribution is 0.254. The lowest BCUT2D eigenvalue weighted by Gasteiger charge is -2.09. The monoisotopic (exact) mass is 198 g/mol. The number of rotatable bonds is 1. The zero-order valence-electron chi connectivity index (χ0n) is 8.92. The average Bonchev–Trinajstić information content (AvgIpc) is 2.94. The van der Waals surface area contributed by atoms with Crippen molar-refractivity contribution >= 4 is 0 Å². The van der Waals surface area contributed by atoms with Gasteiger partial charge in [-0.2, -0.15) is 0 Å². The normalized spacial score (nSPS) is 25.2. The van der Waals surface area contributed by atoms with Crippen molar-refractivity contribution in [1.82, 2.24) is 0 Å². The highest BCUT2D eigenvalue weighted by Crippen LogP contribution is 2.48. The molecule has 1 unspecified atom stereocenters. The van der Waals surface area contributed by atoms with Gasteiger partial charge in [0.1, 0.15) is 11.9 Å². The SMILES string of the molecule is C#CC1(c2ccc3c(c2)CC(C)O3)CC1. The van der Waals surface area contributed by atoms with Gasteiger partial charge in [0, 0.05) is 6.42 Å². The third-order valence-corrected chi connectivity index (χ3v) is 3.47. The second kappa shape index (κ2) is 2.79. The van der Waals surface area contributed by atoms with Crippen molar-refractivity contribution in [2.24, 2.45) is 0 Å². The Morgan fingerprint density at radius 3 is 2.93 bits per heavy atom. The molecule has 1 aliphatic heterocycles. The number of hydrogen-bond donors (Lipinski definition) is 0. The van der Waals surface area contributed by atoms with Crippen molar-refractivity contribution in [1.29, 1.82) is 0 Å². The minimum absolute atomic E-state index is 0.0564. The summed E-state index contributed by atoms with van der Waals surface area (Å²) in [6.45, 7) is 2.10. The number of fused-ring (bicyclic) bond motifs is 1. The van der Waals surface area contributed by atoms with Gasteiger partial charge in [0.15, 0.2) is 0 Å². The molecule has 76 valence electrons. The molecule has 0 aromatic heterocycles. The highest BCUT2D eigenvalue weighted by Gasteiger charge is 2.43. The highest BCUT2D eigenvalue weighted by atomic mass is 16.5. The second-order valence-corrected chi connectivity index (χ2v) is 4.68. The van der Waals surface area contributed by atoms with E-state index in [0.717, 1.165) is 25.0 Å². The van der Waals surface area contributed by atoms with Crippen LogP contribution in [0.1, 0.15) is 30.9 Å². The molecule has 1 atom stereocenters. The van der Waals surface area contributed by atoms with Crippen LogP contribution < -0.4 is 4.74 Å². The van der Waals surface area contributed by atoms with Crippen molar-refractivity contribution < 1.29 is 4.74 Å². The summed E-state index contributed by atoms with van der Waals surface area (Å²) < 4.78 is 5.68. The number of hydrogen-bond acceptors (Lipinski definition) is 1. The fraction of sp³-hybridized carbons (Fsp3) is 0.429. The molecule has 1 nitrogen and oxygen atoms in total. The van der Waals surface area contributed by atoms with Crippen LogP contribution in [-0.4, -0.2) is 6.10 Å². The molecule has 0 saturated heterocycles. The van der Waals surface area contributed by atoms with E-state index in [0.29, 0.717) is 6.10 Å². The van der Waals surface area contributed by atoms with Gasteiger partial charge in [-0.3, -0.25) is 0 Å². The minimum atomic E-state index is 0.0564. The first kappa shape index (κ1) is 8.85. The van der Waals surface area contributed by atoms with E-state index in [2.05, 4.69) is 31.0 Å². The molecule has 0 spiro atoms. The summed E-state index contributed by atoms with van der Waals surface area (Å²) in [6, 6.07) is 6.45. The molecule has 3 rings (SSSR count). The van der Waals surface area contributed by atoms with Crippen LogP contribution in [0.15, 0.2) is 18.2 Å². The molecule has 1 aromatic carbocycles. The van der Waals surface area contributed by atoms with Crippen LogP contribution in [0.4, 0.5) is 0 Å². The zero-order valence-corrected chi connectivity index (χ0v) is 8.92. The molecule has 1 saturated carbocycles. The summed E-state index contributed by atoms with van der Waals surface area (Å²) in [5, 5.41) is 0. The van der Waals surface area contributed by atoms with Gasteiger partial charge in [-0.05, 0) is 37.0 Å². The summed E-state index contributed by atoms with van der Waals surface area (Å²) in [5.41, 5.74) is 2.68. The number of ether oxygens (including phenoxy) is 1. The maximum atomic E-state index is 5.68. The van der Waals surface area contributed by atoms with Crippen molar-refractivity contribution in [3.05, 3.63) is 29.3 Å². The van der Waals surface area contributed by atoms with Crippen molar-refractivity contribution in [3.63, 3.8) is 0 Å². The van der Waals surface area contributed by atoms with Crippen LogP contribution in [0.25, 0.3) is 0 Å². The largest absolute Gasteiger partial charge is 0.490 e. The highest BCUT2D eigenvalue weighted by molar-refractivity contribution is 5.48. The van der Waals surface area contributed by atoms with E-state index in [4.69, 9.17) is 11.2 Å². The van der Waals surface area contributed by atoms with Gasteiger partial charge >= 0.3 is 0 Å². The molecule has 1 aliphatic carbocycles. The molecular weight excluding hydrogens is 184 g/mol. The summed E-state index contributed by atoms with van der Waals surface area (Å²) in [7, 11) is 0. The van der Waals surface area contributed by atoms with Crippen LogP contribution in [0.5, 0.6) is 5.75 Å². The lowest BCUT2D eigenvalue weighted by Crippen LogP contribution is -2.05. The topological polar surface area (TPSA) is 9.23 Å². The Hall–Kier alpha value is -1.42. The lowest BCUT2D eigenvalue weighted by atomic mass is 9.94. The summed E-state index contributed by atoms with van der Waals surface area (Å²) in [4.78, 5) is 0. The van der Waals surface area contributed by atoms with E-state index in [9.17, 15) is 0 Å². The van der Waals surface area contributed by atoms with Crippen LogP contribution in [0.2, 0.25) is 0 Å². The molecule has 1 heteroatoms. The van der Waals surface area contributed by atoms with Gasteiger partial charge in [0.25, 0.3) is 0 Å². The fourth-order valence-electron chi connectivity index (χ4n) is 2.36. The minimum Gasteiger partial charge on any atom is -0.490 e. The Balaban J connectivity index is 2.01.